The van der Waals surface area contributed by atoms with Gasteiger partial charge in [-0.25, -0.2) is 0 Å². The van der Waals surface area contributed by atoms with Crippen molar-refractivity contribution in [3.8, 4) is 0 Å². The van der Waals surface area contributed by atoms with Gasteiger partial charge >= 0.3 is 0 Å². The summed E-state index contributed by atoms with van der Waals surface area (Å²) in [6.45, 7) is 2.26. The third-order valence-electron chi connectivity index (χ3n) is 1.84. The molecular formula is C6H14N2Si. The summed E-state index contributed by atoms with van der Waals surface area (Å²) in [5, 5.41) is 0. The summed E-state index contributed by atoms with van der Waals surface area (Å²) in [7, 11) is 3.64. The van der Waals surface area contributed by atoms with E-state index >= 15 is 0 Å². The van der Waals surface area contributed by atoms with Gasteiger partial charge in [0.15, 0.2) is 0 Å². The first-order chi connectivity index (χ1) is 4.25. The number of rotatable bonds is 1. The van der Waals surface area contributed by atoms with Gasteiger partial charge in [-0.1, -0.05) is 6.92 Å². The van der Waals surface area contributed by atoms with E-state index in [1.807, 2.05) is 0 Å². The van der Waals surface area contributed by atoms with Gasteiger partial charge in [0.25, 0.3) is 0 Å². The van der Waals surface area contributed by atoms with E-state index in [4.69, 9.17) is 0 Å². The van der Waals surface area contributed by atoms with Crippen molar-refractivity contribution in [3.05, 3.63) is 12.4 Å². The summed E-state index contributed by atoms with van der Waals surface area (Å²) in [6, 6.07) is 1.32. The van der Waals surface area contributed by atoms with Crippen molar-refractivity contribution in [1.29, 1.82) is 0 Å². The second-order valence-corrected chi connectivity index (χ2v) is 5.92. The topological polar surface area (TPSA) is 6.48 Å². The summed E-state index contributed by atoms with van der Waals surface area (Å²) >= 11 is 0. The highest BCUT2D eigenvalue weighted by Crippen LogP contribution is 2.09. The molecule has 0 saturated carbocycles. The van der Waals surface area contributed by atoms with Crippen molar-refractivity contribution in [1.82, 2.24) is 9.13 Å². The smallest absolute Gasteiger partial charge is 0.246 e. The summed E-state index contributed by atoms with van der Waals surface area (Å²) < 4.78 is 4.72. The third kappa shape index (κ3) is 1.10. The van der Waals surface area contributed by atoms with E-state index in [-0.39, 0.29) is 0 Å². The Bertz CT molecular complexity index is 112. The Hall–Kier alpha value is -0.443. The molecule has 0 fully saturated rings. The van der Waals surface area contributed by atoms with Crippen LogP contribution in [0.5, 0.6) is 0 Å². The van der Waals surface area contributed by atoms with Gasteiger partial charge in [-0.15, -0.1) is 0 Å². The SMILES string of the molecule is CC[SiH]1N(C)C=CN1C. The van der Waals surface area contributed by atoms with E-state index in [1.165, 1.54) is 6.04 Å². The predicted molar refractivity (Wildman–Crippen MR) is 42.3 cm³/mol. The minimum atomic E-state index is -0.693. The lowest BCUT2D eigenvalue weighted by atomic mass is 10.9. The van der Waals surface area contributed by atoms with Gasteiger partial charge in [0.2, 0.25) is 9.12 Å². The quantitative estimate of drug-likeness (QED) is 0.494. The van der Waals surface area contributed by atoms with Gasteiger partial charge in [-0.3, -0.25) is 0 Å². The molecule has 3 heteroatoms. The largest absolute Gasteiger partial charge is 0.391 e. The molecule has 2 nitrogen and oxygen atoms in total. The molecule has 0 amide bonds. The van der Waals surface area contributed by atoms with Crippen LogP contribution in [-0.4, -0.2) is 32.3 Å². The molecule has 0 saturated heterocycles. The highest BCUT2D eigenvalue weighted by Gasteiger charge is 2.20. The summed E-state index contributed by atoms with van der Waals surface area (Å²) in [5.41, 5.74) is 0. The normalized spacial score (nSPS) is 19.9. The van der Waals surface area contributed by atoms with E-state index in [1.54, 1.807) is 0 Å². The lowest BCUT2D eigenvalue weighted by molar-refractivity contribution is 0.639. The molecule has 52 valence electrons. The first kappa shape index (κ1) is 6.67. The molecule has 0 spiro atoms. The summed E-state index contributed by atoms with van der Waals surface area (Å²) in [4.78, 5) is 0. The zero-order valence-corrected chi connectivity index (χ0v) is 7.49. The molecule has 1 aliphatic rings. The number of hydrogen-bond donors (Lipinski definition) is 0. The fourth-order valence-electron chi connectivity index (χ4n) is 1.27. The fourth-order valence-corrected chi connectivity index (χ4v) is 3.55. The lowest BCUT2D eigenvalue weighted by Gasteiger charge is -2.23. The molecule has 1 rings (SSSR count). The monoisotopic (exact) mass is 142 g/mol. The van der Waals surface area contributed by atoms with Crippen molar-refractivity contribution >= 4 is 9.12 Å². The maximum Gasteiger partial charge on any atom is 0.246 e. The molecular weight excluding hydrogens is 128 g/mol. The average molecular weight is 142 g/mol. The Balaban J connectivity index is 2.53. The van der Waals surface area contributed by atoms with Crippen molar-refractivity contribution in [2.24, 2.45) is 0 Å². The standard InChI is InChI=1S/C6H14N2Si/c1-4-9-7(2)5-6-8(9)3/h5-6,9H,4H2,1-3H3. The molecule has 9 heavy (non-hydrogen) atoms. The average Bonchev–Trinajstić information content (AvgIpc) is 2.12. The van der Waals surface area contributed by atoms with Gasteiger partial charge in [0, 0.05) is 12.4 Å². The summed E-state index contributed by atoms with van der Waals surface area (Å²) in [5.74, 6) is 0. The van der Waals surface area contributed by atoms with E-state index in [2.05, 4.69) is 42.5 Å². The number of hydrogen-bond acceptors (Lipinski definition) is 2. The van der Waals surface area contributed by atoms with Gasteiger partial charge in [0.05, 0.1) is 0 Å². The Kier molecular flexibility index (Phi) is 1.80. The van der Waals surface area contributed by atoms with Gasteiger partial charge in [-0.05, 0) is 20.1 Å². The van der Waals surface area contributed by atoms with Crippen LogP contribution in [0, 0.1) is 0 Å². The van der Waals surface area contributed by atoms with Crippen molar-refractivity contribution in [2.45, 2.75) is 13.0 Å². The maximum absolute atomic E-state index is 2.36. The maximum atomic E-state index is 2.36. The van der Waals surface area contributed by atoms with Crippen LogP contribution >= 0.6 is 0 Å². The molecule has 1 aliphatic heterocycles. The van der Waals surface area contributed by atoms with E-state index in [0.717, 1.165) is 0 Å². The van der Waals surface area contributed by atoms with Gasteiger partial charge < -0.3 is 9.13 Å². The van der Waals surface area contributed by atoms with Crippen LogP contribution in [0.25, 0.3) is 0 Å². The minimum Gasteiger partial charge on any atom is -0.391 e. The van der Waals surface area contributed by atoms with E-state index in [0.29, 0.717) is 0 Å². The Labute approximate surface area is 58.5 Å². The van der Waals surface area contributed by atoms with Crippen LogP contribution in [0.2, 0.25) is 6.04 Å². The molecule has 1 heterocycles. The molecule has 0 bridgehead atoms. The van der Waals surface area contributed by atoms with Gasteiger partial charge in [-0.2, -0.15) is 0 Å². The molecule has 0 unspecified atom stereocenters. The Morgan fingerprint density at radius 3 is 1.89 bits per heavy atom. The zero-order chi connectivity index (χ0) is 6.85. The van der Waals surface area contributed by atoms with Crippen LogP contribution in [0.15, 0.2) is 12.4 Å². The second kappa shape index (κ2) is 2.43. The number of nitrogens with zero attached hydrogens (tertiary/aromatic N) is 2. The highest BCUT2D eigenvalue weighted by molar-refractivity contribution is 6.53. The van der Waals surface area contributed by atoms with Crippen molar-refractivity contribution in [2.75, 3.05) is 14.1 Å². The molecule has 0 aromatic carbocycles. The lowest BCUT2D eigenvalue weighted by Crippen LogP contribution is -2.38. The van der Waals surface area contributed by atoms with Crippen LogP contribution in [0.1, 0.15) is 6.92 Å². The predicted octanol–water partition coefficient (Wildman–Crippen LogP) is 0.575. The molecule has 0 aromatic rings. The molecule has 0 radical (unpaired) electrons. The second-order valence-electron chi connectivity index (χ2n) is 2.52. The molecule has 0 N–H and O–H groups in total. The molecule has 0 aromatic heterocycles. The van der Waals surface area contributed by atoms with Crippen LogP contribution in [-0.2, 0) is 0 Å². The summed E-state index contributed by atoms with van der Waals surface area (Å²) in [6.07, 6.45) is 4.33. The van der Waals surface area contributed by atoms with Gasteiger partial charge in [0.1, 0.15) is 0 Å². The Morgan fingerprint density at radius 2 is 1.67 bits per heavy atom. The van der Waals surface area contributed by atoms with Crippen LogP contribution < -0.4 is 0 Å². The van der Waals surface area contributed by atoms with E-state index in [9.17, 15) is 0 Å². The van der Waals surface area contributed by atoms with Crippen molar-refractivity contribution in [3.63, 3.8) is 0 Å². The Morgan fingerprint density at radius 1 is 1.22 bits per heavy atom. The molecule has 0 atom stereocenters. The zero-order valence-electron chi connectivity index (χ0n) is 6.33. The van der Waals surface area contributed by atoms with E-state index < -0.39 is 9.12 Å². The van der Waals surface area contributed by atoms with Crippen LogP contribution in [0.4, 0.5) is 0 Å². The van der Waals surface area contributed by atoms with Crippen molar-refractivity contribution < 1.29 is 0 Å². The first-order valence-electron chi connectivity index (χ1n) is 3.38. The molecule has 0 aliphatic carbocycles. The van der Waals surface area contributed by atoms with Crippen LogP contribution in [0.3, 0.4) is 0 Å². The third-order valence-corrected chi connectivity index (χ3v) is 4.80. The first-order valence-corrected chi connectivity index (χ1v) is 5.23. The highest BCUT2D eigenvalue weighted by atomic mass is 28.3. The minimum absolute atomic E-state index is 0.693. The fraction of sp³-hybridized carbons (Fsp3) is 0.667.